The fraction of sp³-hybridized carbons (Fsp3) is 0.353. The number of hydrogen-bond acceptors (Lipinski definition) is 6. The average Bonchev–Trinajstić information content (AvgIpc) is 3.72. The molecule has 2 saturated heterocycles. The van der Waals surface area contributed by atoms with E-state index in [1.54, 1.807) is 9.80 Å². The summed E-state index contributed by atoms with van der Waals surface area (Å²) in [5.74, 6) is -0.982. The number of benzene rings is 3. The molecule has 0 bridgehead atoms. The van der Waals surface area contributed by atoms with Crippen LogP contribution in [-0.2, 0) is 54.7 Å². The summed E-state index contributed by atoms with van der Waals surface area (Å²) in [7, 11) is 0. The maximum atomic E-state index is 13.1. The Balaban J connectivity index is 1.10. The molecular formula is C34H36N2O6. The first-order chi connectivity index (χ1) is 20.5. The van der Waals surface area contributed by atoms with Crippen molar-refractivity contribution < 1.29 is 28.7 Å². The fourth-order valence-electron chi connectivity index (χ4n) is 5.60. The van der Waals surface area contributed by atoms with Crippen molar-refractivity contribution in [3.05, 3.63) is 107 Å². The zero-order valence-corrected chi connectivity index (χ0v) is 23.7. The van der Waals surface area contributed by atoms with Gasteiger partial charge in [0.15, 0.2) is 0 Å². The molecule has 0 N–H and O–H groups in total. The van der Waals surface area contributed by atoms with Crippen molar-refractivity contribution in [1.82, 2.24) is 9.80 Å². The van der Waals surface area contributed by atoms with Gasteiger partial charge >= 0.3 is 11.9 Å². The molecule has 5 rings (SSSR count). The van der Waals surface area contributed by atoms with E-state index >= 15 is 0 Å². The summed E-state index contributed by atoms with van der Waals surface area (Å²) in [6.07, 6.45) is 3.04. The van der Waals surface area contributed by atoms with Gasteiger partial charge in [-0.2, -0.15) is 0 Å². The minimum Gasteiger partial charge on any atom is -0.459 e. The maximum Gasteiger partial charge on any atom is 0.329 e. The van der Waals surface area contributed by atoms with Crippen LogP contribution in [0.4, 0.5) is 0 Å². The normalized spacial score (nSPS) is 18.1. The highest BCUT2D eigenvalue weighted by Gasteiger charge is 2.36. The Hall–Kier alpha value is -4.46. The van der Waals surface area contributed by atoms with Crippen LogP contribution in [0, 0.1) is 0 Å². The lowest BCUT2D eigenvalue weighted by Crippen LogP contribution is -2.42. The van der Waals surface area contributed by atoms with E-state index in [2.05, 4.69) is 0 Å². The number of likely N-dealkylation sites (tertiary alicyclic amines) is 2. The highest BCUT2D eigenvalue weighted by Crippen LogP contribution is 2.23. The van der Waals surface area contributed by atoms with Gasteiger partial charge in [0.05, 0.1) is 12.8 Å². The molecule has 0 radical (unpaired) electrons. The topological polar surface area (TPSA) is 93.2 Å². The Morgan fingerprint density at radius 3 is 1.31 bits per heavy atom. The van der Waals surface area contributed by atoms with E-state index in [0.29, 0.717) is 25.9 Å². The van der Waals surface area contributed by atoms with Crippen LogP contribution in [0.25, 0.3) is 0 Å². The standard InChI is InChI=1S/C34H36N2O6/c37-31(35-19-7-13-29(35)33(39)41-23-27-9-3-1-4-10-27)21-25-15-17-26(18-16-25)22-32(38)36-20-8-14-30(36)34(40)42-24-28-11-5-2-6-12-28/h1-6,9-12,15-18,29-30H,7-8,13-14,19-24H2/t29-,30-/m0/s1. The first-order valence-electron chi connectivity index (χ1n) is 14.6. The summed E-state index contributed by atoms with van der Waals surface area (Å²) in [4.78, 5) is 54.9. The summed E-state index contributed by atoms with van der Waals surface area (Å²) in [5.41, 5.74) is 3.43. The van der Waals surface area contributed by atoms with Crippen LogP contribution >= 0.6 is 0 Å². The van der Waals surface area contributed by atoms with Gasteiger partial charge in [-0.15, -0.1) is 0 Å². The third kappa shape index (κ3) is 7.43. The zero-order chi connectivity index (χ0) is 29.3. The van der Waals surface area contributed by atoms with Gasteiger partial charge in [-0.05, 0) is 47.9 Å². The number of amides is 2. The molecule has 218 valence electrons. The molecule has 3 aromatic rings. The Morgan fingerprint density at radius 1 is 0.548 bits per heavy atom. The van der Waals surface area contributed by atoms with E-state index in [0.717, 1.165) is 35.1 Å². The number of hydrogen-bond donors (Lipinski definition) is 0. The van der Waals surface area contributed by atoms with Gasteiger partial charge in [0.25, 0.3) is 0 Å². The summed E-state index contributed by atoms with van der Waals surface area (Å²) in [6.45, 7) is 1.43. The molecule has 3 aromatic carbocycles. The van der Waals surface area contributed by atoms with Gasteiger partial charge in [-0.25, -0.2) is 9.59 Å². The Morgan fingerprint density at radius 2 is 0.929 bits per heavy atom. The third-order valence-electron chi connectivity index (χ3n) is 7.87. The van der Waals surface area contributed by atoms with Crippen LogP contribution in [0.1, 0.15) is 47.9 Å². The minimum atomic E-state index is -0.564. The Kier molecular flexibility index (Phi) is 9.64. The monoisotopic (exact) mass is 568 g/mol. The van der Waals surface area contributed by atoms with E-state index < -0.39 is 12.1 Å². The molecule has 2 amide bonds. The van der Waals surface area contributed by atoms with Gasteiger partial charge in [-0.3, -0.25) is 9.59 Å². The predicted octanol–water partition coefficient (Wildman–Crippen LogP) is 4.24. The molecule has 0 spiro atoms. The van der Waals surface area contributed by atoms with Gasteiger partial charge in [0.2, 0.25) is 11.8 Å². The van der Waals surface area contributed by atoms with E-state index in [4.69, 9.17) is 9.47 Å². The molecule has 0 unspecified atom stereocenters. The molecule has 0 saturated carbocycles. The molecule has 2 fully saturated rings. The molecular weight excluding hydrogens is 532 g/mol. The quantitative estimate of drug-likeness (QED) is 0.340. The average molecular weight is 569 g/mol. The predicted molar refractivity (Wildman–Crippen MR) is 156 cm³/mol. The van der Waals surface area contributed by atoms with Gasteiger partial charge in [0, 0.05) is 13.1 Å². The second-order valence-electron chi connectivity index (χ2n) is 10.8. The van der Waals surface area contributed by atoms with E-state index in [1.807, 2.05) is 84.9 Å². The lowest BCUT2D eigenvalue weighted by molar-refractivity contribution is -0.154. The van der Waals surface area contributed by atoms with E-state index in [9.17, 15) is 19.2 Å². The molecule has 8 nitrogen and oxygen atoms in total. The molecule has 2 aliphatic rings. The van der Waals surface area contributed by atoms with Gasteiger partial charge in [0.1, 0.15) is 25.3 Å². The number of ether oxygens (including phenoxy) is 2. The molecule has 42 heavy (non-hydrogen) atoms. The Bertz CT molecular complexity index is 1270. The van der Waals surface area contributed by atoms with E-state index in [-0.39, 0.29) is 49.8 Å². The third-order valence-corrected chi connectivity index (χ3v) is 7.87. The summed E-state index contributed by atoms with van der Waals surface area (Å²) >= 11 is 0. The molecule has 2 aliphatic heterocycles. The first kappa shape index (κ1) is 29.0. The number of rotatable bonds is 10. The van der Waals surface area contributed by atoms with Crippen LogP contribution in [0.2, 0.25) is 0 Å². The van der Waals surface area contributed by atoms with Crippen molar-refractivity contribution in [3.8, 4) is 0 Å². The maximum absolute atomic E-state index is 13.1. The van der Waals surface area contributed by atoms with Gasteiger partial charge < -0.3 is 19.3 Å². The summed E-state index contributed by atoms with van der Waals surface area (Å²) in [6, 6.07) is 25.2. The van der Waals surface area contributed by atoms with Gasteiger partial charge in [-0.1, -0.05) is 84.9 Å². The van der Waals surface area contributed by atoms with Crippen molar-refractivity contribution in [1.29, 1.82) is 0 Å². The smallest absolute Gasteiger partial charge is 0.329 e. The molecule has 0 aliphatic carbocycles. The SMILES string of the molecule is O=C(OCc1ccccc1)[C@@H]1CCCN1C(=O)Cc1ccc(CC(=O)N2CCC[C@H]2C(=O)OCc2ccccc2)cc1. The molecule has 8 heteroatoms. The van der Waals surface area contributed by atoms with Crippen molar-refractivity contribution >= 4 is 23.8 Å². The lowest BCUT2D eigenvalue weighted by Gasteiger charge is -2.24. The van der Waals surface area contributed by atoms with Crippen LogP contribution in [0.3, 0.4) is 0 Å². The van der Waals surface area contributed by atoms with Crippen molar-refractivity contribution in [3.63, 3.8) is 0 Å². The number of nitrogens with zero attached hydrogens (tertiary/aromatic N) is 2. The van der Waals surface area contributed by atoms with Crippen LogP contribution in [0.15, 0.2) is 84.9 Å². The molecule has 0 aromatic heterocycles. The van der Waals surface area contributed by atoms with Crippen molar-refractivity contribution in [2.24, 2.45) is 0 Å². The van der Waals surface area contributed by atoms with Crippen molar-refractivity contribution in [2.45, 2.75) is 63.8 Å². The number of carbonyl (C=O) groups excluding carboxylic acids is 4. The lowest BCUT2D eigenvalue weighted by atomic mass is 10.1. The molecule has 2 atom stereocenters. The molecule has 2 heterocycles. The minimum absolute atomic E-state index is 0.119. The highest BCUT2D eigenvalue weighted by atomic mass is 16.5. The van der Waals surface area contributed by atoms with Crippen LogP contribution in [-0.4, -0.2) is 58.7 Å². The fourth-order valence-corrected chi connectivity index (χ4v) is 5.60. The highest BCUT2D eigenvalue weighted by molar-refractivity contribution is 5.87. The summed E-state index contributed by atoms with van der Waals surface area (Å²) in [5, 5.41) is 0. The van der Waals surface area contributed by atoms with Crippen LogP contribution < -0.4 is 0 Å². The van der Waals surface area contributed by atoms with Crippen molar-refractivity contribution in [2.75, 3.05) is 13.1 Å². The second kappa shape index (κ2) is 13.9. The largest absolute Gasteiger partial charge is 0.459 e. The van der Waals surface area contributed by atoms with E-state index in [1.165, 1.54) is 0 Å². The Labute approximate surface area is 246 Å². The summed E-state index contributed by atoms with van der Waals surface area (Å²) < 4.78 is 11.0. The number of esters is 2. The first-order valence-corrected chi connectivity index (χ1v) is 14.6. The zero-order valence-electron chi connectivity index (χ0n) is 23.7. The number of carbonyl (C=O) groups is 4. The van der Waals surface area contributed by atoms with Crippen LogP contribution in [0.5, 0.6) is 0 Å². The second-order valence-corrected chi connectivity index (χ2v) is 10.8.